The molecular formula is C16H13NO4. The van der Waals surface area contributed by atoms with Gasteiger partial charge in [0.1, 0.15) is 0 Å². The number of benzene rings is 2. The van der Waals surface area contributed by atoms with Crippen LogP contribution in [-0.2, 0) is 9.59 Å². The number of para-hydroxylation sites is 2. The molecule has 0 bridgehead atoms. The van der Waals surface area contributed by atoms with Gasteiger partial charge in [-0.1, -0.05) is 36.4 Å². The topological polar surface area (TPSA) is 77.8 Å². The van der Waals surface area contributed by atoms with Crippen molar-refractivity contribution in [2.75, 3.05) is 4.90 Å². The smallest absolute Gasteiger partial charge is 0.344 e. The van der Waals surface area contributed by atoms with Gasteiger partial charge < -0.3 is 15.1 Å². The van der Waals surface area contributed by atoms with Crippen LogP contribution in [0.25, 0.3) is 0 Å². The van der Waals surface area contributed by atoms with Crippen molar-refractivity contribution in [2.24, 2.45) is 0 Å². The minimum atomic E-state index is -1.49. The summed E-state index contributed by atoms with van der Waals surface area (Å²) in [5.74, 6) is -2.97. The number of rotatable bonds is 5. The molecule has 0 aliphatic carbocycles. The summed E-state index contributed by atoms with van der Waals surface area (Å²) in [5, 5.41) is 18.0. The SMILES string of the molecule is O=C(O)C(=CN(c1ccccc1)c1ccccc1)C(=O)O. The molecule has 0 saturated carbocycles. The fourth-order valence-corrected chi connectivity index (χ4v) is 1.81. The molecule has 106 valence electrons. The van der Waals surface area contributed by atoms with Crippen LogP contribution < -0.4 is 4.90 Å². The molecule has 2 aromatic carbocycles. The lowest BCUT2D eigenvalue weighted by Crippen LogP contribution is -2.17. The van der Waals surface area contributed by atoms with E-state index in [-0.39, 0.29) is 0 Å². The van der Waals surface area contributed by atoms with E-state index in [1.165, 1.54) is 4.90 Å². The summed E-state index contributed by atoms with van der Waals surface area (Å²) in [7, 11) is 0. The maximum Gasteiger partial charge on any atom is 0.344 e. The highest BCUT2D eigenvalue weighted by Gasteiger charge is 2.19. The number of aliphatic carboxylic acids is 2. The Morgan fingerprint density at radius 3 is 1.48 bits per heavy atom. The minimum absolute atomic E-state index is 0.670. The van der Waals surface area contributed by atoms with Crippen molar-refractivity contribution in [3.63, 3.8) is 0 Å². The first-order valence-corrected chi connectivity index (χ1v) is 6.17. The molecule has 0 spiro atoms. The van der Waals surface area contributed by atoms with Crippen molar-refractivity contribution in [3.05, 3.63) is 72.4 Å². The largest absolute Gasteiger partial charge is 0.477 e. The zero-order chi connectivity index (χ0) is 15.2. The van der Waals surface area contributed by atoms with E-state index in [4.69, 9.17) is 10.2 Å². The Kier molecular flexibility index (Phi) is 4.36. The summed E-state index contributed by atoms with van der Waals surface area (Å²) in [6.45, 7) is 0. The third kappa shape index (κ3) is 3.48. The van der Waals surface area contributed by atoms with Crippen LogP contribution in [-0.4, -0.2) is 22.2 Å². The van der Waals surface area contributed by atoms with E-state index in [1.807, 2.05) is 12.1 Å². The van der Waals surface area contributed by atoms with Crippen molar-refractivity contribution in [2.45, 2.75) is 0 Å². The minimum Gasteiger partial charge on any atom is -0.477 e. The molecule has 0 atom stereocenters. The fourth-order valence-electron chi connectivity index (χ4n) is 1.81. The van der Waals surface area contributed by atoms with Crippen molar-refractivity contribution in [1.29, 1.82) is 0 Å². The lowest BCUT2D eigenvalue weighted by Gasteiger charge is -2.21. The average Bonchev–Trinajstić information content (AvgIpc) is 2.49. The molecule has 0 fully saturated rings. The number of carbonyl (C=O) groups is 2. The molecule has 0 saturated heterocycles. The third-order valence-electron chi connectivity index (χ3n) is 2.79. The number of carboxylic acids is 2. The highest BCUT2D eigenvalue weighted by Crippen LogP contribution is 2.26. The molecule has 2 aromatic rings. The van der Waals surface area contributed by atoms with Crippen molar-refractivity contribution in [3.8, 4) is 0 Å². The summed E-state index contributed by atoms with van der Waals surface area (Å²) < 4.78 is 0. The number of nitrogens with zero attached hydrogens (tertiary/aromatic N) is 1. The Morgan fingerprint density at radius 1 is 0.762 bits per heavy atom. The van der Waals surface area contributed by atoms with Gasteiger partial charge in [0.2, 0.25) is 0 Å². The number of hydrogen-bond acceptors (Lipinski definition) is 3. The summed E-state index contributed by atoms with van der Waals surface area (Å²) in [4.78, 5) is 23.7. The molecule has 0 radical (unpaired) electrons. The lowest BCUT2D eigenvalue weighted by molar-refractivity contribution is -0.140. The maximum absolute atomic E-state index is 11.1. The van der Waals surface area contributed by atoms with Gasteiger partial charge >= 0.3 is 11.9 Å². The highest BCUT2D eigenvalue weighted by atomic mass is 16.4. The van der Waals surface area contributed by atoms with Gasteiger partial charge in [0.05, 0.1) is 0 Å². The van der Waals surface area contributed by atoms with E-state index >= 15 is 0 Å². The van der Waals surface area contributed by atoms with Gasteiger partial charge in [-0.3, -0.25) is 0 Å². The van der Waals surface area contributed by atoms with Gasteiger partial charge in [-0.05, 0) is 24.3 Å². The van der Waals surface area contributed by atoms with Crippen LogP contribution in [0.4, 0.5) is 11.4 Å². The molecule has 5 nitrogen and oxygen atoms in total. The summed E-state index contributed by atoms with van der Waals surface area (Å²) >= 11 is 0. The number of hydrogen-bond donors (Lipinski definition) is 2. The monoisotopic (exact) mass is 283 g/mol. The number of anilines is 2. The summed E-state index contributed by atoms with van der Waals surface area (Å²) in [6.07, 6.45) is 1.11. The number of carboxylic acid groups (broad SMARTS) is 2. The van der Waals surface area contributed by atoms with Crippen LogP contribution in [0, 0.1) is 0 Å². The second-order valence-corrected chi connectivity index (χ2v) is 4.19. The molecule has 0 aliphatic heterocycles. The van der Waals surface area contributed by atoms with E-state index < -0.39 is 17.5 Å². The van der Waals surface area contributed by atoms with Crippen LogP contribution in [0.5, 0.6) is 0 Å². The summed E-state index contributed by atoms with van der Waals surface area (Å²) in [5.41, 5.74) is 0.634. The van der Waals surface area contributed by atoms with E-state index in [2.05, 4.69) is 0 Å². The van der Waals surface area contributed by atoms with Gasteiger partial charge in [-0.15, -0.1) is 0 Å². The van der Waals surface area contributed by atoms with E-state index in [9.17, 15) is 9.59 Å². The van der Waals surface area contributed by atoms with Crippen LogP contribution in [0.1, 0.15) is 0 Å². The molecule has 21 heavy (non-hydrogen) atoms. The van der Waals surface area contributed by atoms with Gasteiger partial charge in [0.25, 0.3) is 0 Å². The van der Waals surface area contributed by atoms with Crippen molar-refractivity contribution >= 4 is 23.3 Å². The Balaban J connectivity index is 2.54. The van der Waals surface area contributed by atoms with E-state index in [0.29, 0.717) is 11.4 Å². The first-order chi connectivity index (χ1) is 10.1. The van der Waals surface area contributed by atoms with Gasteiger partial charge in [0, 0.05) is 17.6 Å². The summed E-state index contributed by atoms with van der Waals surface area (Å²) in [6, 6.07) is 17.9. The predicted octanol–water partition coefficient (Wildman–Crippen LogP) is 2.88. The standard InChI is InChI=1S/C16H13NO4/c18-15(19)14(16(20)21)11-17(12-7-3-1-4-8-12)13-9-5-2-6-10-13/h1-11H,(H,18,19)(H,20,21). The van der Waals surface area contributed by atoms with Crippen molar-refractivity contribution < 1.29 is 19.8 Å². The average molecular weight is 283 g/mol. The zero-order valence-electron chi connectivity index (χ0n) is 11.0. The molecule has 0 unspecified atom stereocenters. The Hall–Kier alpha value is -3.08. The van der Waals surface area contributed by atoms with Crippen LogP contribution >= 0.6 is 0 Å². The van der Waals surface area contributed by atoms with Gasteiger partial charge in [0.15, 0.2) is 5.57 Å². The Labute approximate surface area is 121 Å². The highest BCUT2D eigenvalue weighted by molar-refractivity contribution is 6.12. The normalized spacial score (nSPS) is 9.71. The molecule has 2 rings (SSSR count). The van der Waals surface area contributed by atoms with Crippen LogP contribution in [0.2, 0.25) is 0 Å². The molecular weight excluding hydrogens is 270 g/mol. The molecule has 2 N–H and O–H groups in total. The quantitative estimate of drug-likeness (QED) is 0.501. The Morgan fingerprint density at radius 2 is 1.14 bits per heavy atom. The van der Waals surface area contributed by atoms with Crippen molar-refractivity contribution in [1.82, 2.24) is 0 Å². The first kappa shape index (κ1) is 14.3. The fraction of sp³-hybridized carbons (Fsp3) is 0. The van der Waals surface area contributed by atoms with Crippen LogP contribution in [0.15, 0.2) is 72.4 Å². The first-order valence-electron chi connectivity index (χ1n) is 6.17. The van der Waals surface area contributed by atoms with Gasteiger partial charge in [-0.2, -0.15) is 0 Å². The lowest BCUT2D eigenvalue weighted by atomic mass is 10.2. The molecule has 0 aliphatic rings. The molecule has 0 amide bonds. The van der Waals surface area contributed by atoms with E-state index in [0.717, 1.165) is 6.20 Å². The second kappa shape index (κ2) is 6.38. The Bertz CT molecular complexity index is 610. The predicted molar refractivity (Wildman–Crippen MR) is 78.4 cm³/mol. The van der Waals surface area contributed by atoms with Crippen LogP contribution in [0.3, 0.4) is 0 Å². The zero-order valence-corrected chi connectivity index (χ0v) is 11.0. The maximum atomic E-state index is 11.1. The molecule has 0 heterocycles. The third-order valence-corrected chi connectivity index (χ3v) is 2.79. The molecule has 0 aromatic heterocycles. The second-order valence-electron chi connectivity index (χ2n) is 4.19. The van der Waals surface area contributed by atoms with Gasteiger partial charge in [-0.25, -0.2) is 9.59 Å². The molecule has 5 heteroatoms. The van der Waals surface area contributed by atoms with E-state index in [1.54, 1.807) is 48.5 Å².